The summed E-state index contributed by atoms with van der Waals surface area (Å²) < 4.78 is 5.68. The third-order valence-electron chi connectivity index (χ3n) is 3.10. The molecular formula is C16H27NO2. The number of rotatable bonds is 9. The molecule has 0 heterocycles. The van der Waals surface area contributed by atoms with E-state index in [9.17, 15) is 0 Å². The van der Waals surface area contributed by atoms with Crippen molar-refractivity contribution in [1.82, 2.24) is 5.32 Å². The number of aliphatic hydroxyl groups is 1. The molecule has 108 valence electrons. The summed E-state index contributed by atoms with van der Waals surface area (Å²) in [6.45, 7) is 8.32. The summed E-state index contributed by atoms with van der Waals surface area (Å²) in [4.78, 5) is 0. The molecule has 0 fully saturated rings. The highest BCUT2D eigenvalue weighted by Gasteiger charge is 2.01. The van der Waals surface area contributed by atoms with Crippen LogP contribution in [0, 0.1) is 5.92 Å². The second kappa shape index (κ2) is 8.94. The van der Waals surface area contributed by atoms with Crippen molar-refractivity contribution in [2.75, 3.05) is 13.2 Å². The van der Waals surface area contributed by atoms with Crippen molar-refractivity contribution in [2.24, 2.45) is 5.92 Å². The number of aliphatic hydroxyl groups excluding tert-OH is 1. The Balaban J connectivity index is 2.30. The SMILES string of the molecule is CC(C)CCOc1ccc(CNC(C)CCO)cc1. The normalized spacial score (nSPS) is 12.7. The Morgan fingerprint density at radius 1 is 1.11 bits per heavy atom. The molecule has 1 aromatic rings. The van der Waals surface area contributed by atoms with Gasteiger partial charge in [0.15, 0.2) is 0 Å². The van der Waals surface area contributed by atoms with Crippen molar-refractivity contribution in [3.05, 3.63) is 29.8 Å². The second-order valence-electron chi connectivity index (χ2n) is 5.47. The quantitative estimate of drug-likeness (QED) is 0.721. The van der Waals surface area contributed by atoms with E-state index >= 15 is 0 Å². The van der Waals surface area contributed by atoms with Gasteiger partial charge in [-0.2, -0.15) is 0 Å². The number of nitrogens with one attached hydrogen (secondary N) is 1. The van der Waals surface area contributed by atoms with Gasteiger partial charge in [0.2, 0.25) is 0 Å². The zero-order valence-corrected chi connectivity index (χ0v) is 12.4. The Hall–Kier alpha value is -1.06. The lowest BCUT2D eigenvalue weighted by Crippen LogP contribution is -2.26. The molecule has 0 saturated heterocycles. The second-order valence-corrected chi connectivity index (χ2v) is 5.47. The van der Waals surface area contributed by atoms with Gasteiger partial charge in [-0.05, 0) is 43.4 Å². The van der Waals surface area contributed by atoms with Crippen molar-refractivity contribution >= 4 is 0 Å². The van der Waals surface area contributed by atoms with Crippen LogP contribution in [-0.2, 0) is 6.54 Å². The lowest BCUT2D eigenvalue weighted by molar-refractivity contribution is 0.268. The predicted molar refractivity (Wildman–Crippen MR) is 79.4 cm³/mol. The fourth-order valence-electron chi connectivity index (χ4n) is 1.70. The fraction of sp³-hybridized carbons (Fsp3) is 0.625. The zero-order valence-electron chi connectivity index (χ0n) is 12.4. The van der Waals surface area contributed by atoms with Gasteiger partial charge < -0.3 is 15.2 Å². The minimum Gasteiger partial charge on any atom is -0.494 e. The third-order valence-corrected chi connectivity index (χ3v) is 3.10. The summed E-state index contributed by atoms with van der Waals surface area (Å²) in [6, 6.07) is 8.56. The van der Waals surface area contributed by atoms with Crippen molar-refractivity contribution in [1.29, 1.82) is 0 Å². The molecule has 3 nitrogen and oxygen atoms in total. The highest BCUT2D eigenvalue weighted by Crippen LogP contribution is 2.13. The van der Waals surface area contributed by atoms with Crippen molar-refractivity contribution in [3.8, 4) is 5.75 Å². The molecule has 1 aromatic carbocycles. The van der Waals surface area contributed by atoms with Crippen LogP contribution in [0.25, 0.3) is 0 Å². The molecule has 19 heavy (non-hydrogen) atoms. The van der Waals surface area contributed by atoms with Crippen molar-refractivity contribution in [2.45, 2.75) is 46.2 Å². The first kappa shape index (κ1) is 16.0. The Morgan fingerprint density at radius 3 is 2.37 bits per heavy atom. The van der Waals surface area contributed by atoms with Gasteiger partial charge >= 0.3 is 0 Å². The molecule has 1 atom stereocenters. The summed E-state index contributed by atoms with van der Waals surface area (Å²) >= 11 is 0. The van der Waals surface area contributed by atoms with Crippen LogP contribution in [0.1, 0.15) is 39.2 Å². The van der Waals surface area contributed by atoms with E-state index in [1.165, 1.54) is 5.56 Å². The average Bonchev–Trinajstić information content (AvgIpc) is 2.38. The van der Waals surface area contributed by atoms with E-state index in [0.717, 1.165) is 31.7 Å². The predicted octanol–water partition coefficient (Wildman–Crippen LogP) is 2.97. The minimum absolute atomic E-state index is 0.233. The van der Waals surface area contributed by atoms with Crippen LogP contribution in [0.15, 0.2) is 24.3 Å². The van der Waals surface area contributed by atoms with Crippen LogP contribution >= 0.6 is 0 Å². The molecule has 0 saturated carbocycles. The Labute approximate surface area is 117 Å². The van der Waals surface area contributed by atoms with Gasteiger partial charge in [-0.3, -0.25) is 0 Å². The zero-order chi connectivity index (χ0) is 14.1. The molecule has 0 aliphatic heterocycles. The van der Waals surface area contributed by atoms with E-state index in [1.54, 1.807) is 0 Å². The summed E-state index contributed by atoms with van der Waals surface area (Å²) in [5.41, 5.74) is 1.24. The van der Waals surface area contributed by atoms with Crippen LogP contribution in [0.5, 0.6) is 5.75 Å². The maximum Gasteiger partial charge on any atom is 0.119 e. The van der Waals surface area contributed by atoms with E-state index in [1.807, 2.05) is 12.1 Å². The molecule has 1 unspecified atom stereocenters. The first-order valence-corrected chi connectivity index (χ1v) is 7.17. The molecule has 0 aromatic heterocycles. The Bertz CT molecular complexity index is 335. The smallest absolute Gasteiger partial charge is 0.119 e. The van der Waals surface area contributed by atoms with E-state index < -0.39 is 0 Å². The molecule has 3 heteroatoms. The first-order chi connectivity index (χ1) is 9.11. The third kappa shape index (κ3) is 7.19. The number of hydrogen-bond donors (Lipinski definition) is 2. The van der Waals surface area contributed by atoms with Crippen LogP contribution < -0.4 is 10.1 Å². The molecule has 0 radical (unpaired) electrons. The van der Waals surface area contributed by atoms with Crippen LogP contribution in [0.2, 0.25) is 0 Å². The van der Waals surface area contributed by atoms with Crippen LogP contribution in [0.3, 0.4) is 0 Å². The molecule has 0 spiro atoms. The first-order valence-electron chi connectivity index (χ1n) is 7.17. The topological polar surface area (TPSA) is 41.5 Å². The summed E-state index contributed by atoms with van der Waals surface area (Å²) in [5.74, 6) is 1.62. The van der Waals surface area contributed by atoms with Crippen molar-refractivity contribution in [3.63, 3.8) is 0 Å². The van der Waals surface area contributed by atoms with Gasteiger partial charge in [0.05, 0.1) is 6.61 Å². The molecule has 0 amide bonds. The Kier molecular flexibility index (Phi) is 7.53. The highest BCUT2D eigenvalue weighted by molar-refractivity contribution is 5.27. The summed E-state index contributed by atoms with van der Waals surface area (Å²) in [7, 11) is 0. The number of benzene rings is 1. The van der Waals surface area contributed by atoms with Gasteiger partial charge in [-0.15, -0.1) is 0 Å². The van der Waals surface area contributed by atoms with E-state index in [-0.39, 0.29) is 6.61 Å². The standard InChI is InChI=1S/C16H27NO2/c1-13(2)9-11-19-16-6-4-15(5-7-16)12-17-14(3)8-10-18/h4-7,13-14,17-18H,8-12H2,1-3H3. The molecule has 0 aliphatic carbocycles. The number of hydrogen-bond acceptors (Lipinski definition) is 3. The molecular weight excluding hydrogens is 238 g/mol. The van der Waals surface area contributed by atoms with E-state index in [0.29, 0.717) is 12.0 Å². The monoisotopic (exact) mass is 265 g/mol. The largest absolute Gasteiger partial charge is 0.494 e. The van der Waals surface area contributed by atoms with E-state index in [2.05, 4.69) is 38.2 Å². The van der Waals surface area contributed by atoms with Gasteiger partial charge in [0.1, 0.15) is 5.75 Å². The van der Waals surface area contributed by atoms with E-state index in [4.69, 9.17) is 9.84 Å². The molecule has 1 rings (SSSR count). The van der Waals surface area contributed by atoms with Gasteiger partial charge in [-0.1, -0.05) is 26.0 Å². The molecule has 0 bridgehead atoms. The van der Waals surface area contributed by atoms with Crippen LogP contribution in [0.4, 0.5) is 0 Å². The summed E-state index contributed by atoms with van der Waals surface area (Å²) in [5, 5.41) is 12.2. The van der Waals surface area contributed by atoms with Gasteiger partial charge in [0.25, 0.3) is 0 Å². The van der Waals surface area contributed by atoms with Crippen LogP contribution in [-0.4, -0.2) is 24.4 Å². The Morgan fingerprint density at radius 2 is 1.79 bits per heavy atom. The lowest BCUT2D eigenvalue weighted by atomic mass is 10.1. The lowest BCUT2D eigenvalue weighted by Gasteiger charge is -2.13. The van der Waals surface area contributed by atoms with Crippen molar-refractivity contribution < 1.29 is 9.84 Å². The molecule has 0 aliphatic rings. The minimum atomic E-state index is 0.233. The fourth-order valence-corrected chi connectivity index (χ4v) is 1.70. The summed E-state index contributed by atoms with van der Waals surface area (Å²) in [6.07, 6.45) is 1.87. The molecule has 2 N–H and O–H groups in total. The number of ether oxygens (including phenoxy) is 1. The maximum atomic E-state index is 8.84. The average molecular weight is 265 g/mol. The highest BCUT2D eigenvalue weighted by atomic mass is 16.5. The van der Waals surface area contributed by atoms with Gasteiger partial charge in [0, 0.05) is 19.2 Å². The maximum absolute atomic E-state index is 8.84. The van der Waals surface area contributed by atoms with Gasteiger partial charge in [-0.25, -0.2) is 0 Å².